The maximum atomic E-state index is 13.1. The van der Waals surface area contributed by atoms with E-state index in [0.717, 1.165) is 49.1 Å². The second-order valence-electron chi connectivity index (χ2n) is 8.59. The Kier molecular flexibility index (Phi) is 6.76. The molecule has 2 aromatic heterocycles. The number of fused-ring (bicyclic) bond motifs is 1. The maximum Gasteiger partial charge on any atom is 0.293 e. The molecule has 1 aliphatic rings. The van der Waals surface area contributed by atoms with E-state index < -0.39 is 0 Å². The average Bonchev–Trinajstić information content (AvgIpc) is 3.41. The number of nitrogens with one attached hydrogen (secondary N) is 2. The Morgan fingerprint density at radius 1 is 1.16 bits per heavy atom. The molecule has 0 spiro atoms. The van der Waals surface area contributed by atoms with Crippen LogP contribution in [0.3, 0.4) is 0 Å². The zero-order valence-electron chi connectivity index (χ0n) is 18.8. The van der Waals surface area contributed by atoms with Gasteiger partial charge in [-0.2, -0.15) is 4.98 Å². The molecular formula is C23H30FN7O. The molecule has 3 aromatic rings. The van der Waals surface area contributed by atoms with Crippen LogP contribution in [0.15, 0.2) is 30.3 Å². The number of carbonyl (C=O) groups excluding carboxylic acids is 1. The molecule has 1 fully saturated rings. The third-order valence-corrected chi connectivity index (χ3v) is 5.96. The monoisotopic (exact) mass is 439 g/mol. The number of unbranched alkanes of at least 4 members (excludes halogenated alkanes) is 2. The van der Waals surface area contributed by atoms with Gasteiger partial charge in [0.05, 0.1) is 0 Å². The molecule has 4 rings (SSSR count). The largest absolute Gasteiger partial charge is 0.339 e. The Labute approximate surface area is 187 Å². The van der Waals surface area contributed by atoms with Crippen molar-refractivity contribution in [2.45, 2.75) is 58.0 Å². The number of nitrogens with zero attached hydrogens (tertiary/aromatic N) is 5. The predicted molar refractivity (Wildman–Crippen MR) is 120 cm³/mol. The van der Waals surface area contributed by atoms with Crippen molar-refractivity contribution in [3.05, 3.63) is 58.9 Å². The van der Waals surface area contributed by atoms with E-state index in [1.54, 1.807) is 16.5 Å². The number of aryl methyl sites for hydroxylation is 2. The van der Waals surface area contributed by atoms with Crippen LogP contribution < -0.4 is 10.9 Å². The van der Waals surface area contributed by atoms with Crippen LogP contribution in [0.25, 0.3) is 5.78 Å². The highest BCUT2D eigenvalue weighted by atomic mass is 19.1. The number of hydrazine groups is 1. The van der Waals surface area contributed by atoms with Gasteiger partial charge in [0.25, 0.3) is 11.7 Å². The topological polar surface area (TPSA) is 87.5 Å². The van der Waals surface area contributed by atoms with Gasteiger partial charge in [0.1, 0.15) is 5.82 Å². The molecule has 1 aliphatic heterocycles. The molecule has 170 valence electrons. The zero-order chi connectivity index (χ0) is 22.7. The lowest BCUT2D eigenvalue weighted by molar-refractivity contribution is 0.0780. The first-order valence-electron chi connectivity index (χ1n) is 11.1. The normalized spacial score (nSPS) is 18.4. The van der Waals surface area contributed by atoms with E-state index in [0.29, 0.717) is 18.4 Å². The maximum absolute atomic E-state index is 13.1. The molecule has 32 heavy (non-hydrogen) atoms. The quantitative estimate of drug-likeness (QED) is 0.525. The molecular weight excluding hydrogens is 409 g/mol. The summed E-state index contributed by atoms with van der Waals surface area (Å²) in [6, 6.07) is 9.19. The lowest BCUT2D eigenvalue weighted by Crippen LogP contribution is -2.31. The number of halogens is 1. The summed E-state index contributed by atoms with van der Waals surface area (Å²) >= 11 is 0. The average molecular weight is 440 g/mol. The highest BCUT2D eigenvalue weighted by Gasteiger charge is 2.24. The van der Waals surface area contributed by atoms with Crippen molar-refractivity contribution < 1.29 is 9.18 Å². The van der Waals surface area contributed by atoms with Crippen LogP contribution in [0.2, 0.25) is 0 Å². The third-order valence-electron chi connectivity index (χ3n) is 5.96. The predicted octanol–water partition coefficient (Wildman–Crippen LogP) is 3.12. The van der Waals surface area contributed by atoms with E-state index in [4.69, 9.17) is 0 Å². The molecule has 9 heteroatoms. The summed E-state index contributed by atoms with van der Waals surface area (Å²) in [6.07, 6.45) is 5.08. The van der Waals surface area contributed by atoms with E-state index in [2.05, 4.69) is 25.9 Å². The van der Waals surface area contributed by atoms with Gasteiger partial charge in [-0.3, -0.25) is 15.6 Å². The summed E-state index contributed by atoms with van der Waals surface area (Å²) in [5, 5.41) is 4.32. The minimum Gasteiger partial charge on any atom is -0.339 e. The van der Waals surface area contributed by atoms with Crippen LogP contribution in [0.1, 0.15) is 65.7 Å². The summed E-state index contributed by atoms with van der Waals surface area (Å²) in [7, 11) is 1.79. The van der Waals surface area contributed by atoms with Crippen molar-refractivity contribution >= 4 is 11.7 Å². The van der Waals surface area contributed by atoms with Gasteiger partial charge < -0.3 is 4.90 Å². The molecule has 1 saturated heterocycles. The number of aromatic nitrogens is 4. The Morgan fingerprint density at radius 2 is 1.94 bits per heavy atom. The zero-order valence-corrected chi connectivity index (χ0v) is 18.8. The Balaban J connectivity index is 1.18. The fraction of sp³-hybridized carbons (Fsp3) is 0.478. The van der Waals surface area contributed by atoms with Crippen LogP contribution in [0.5, 0.6) is 0 Å². The van der Waals surface area contributed by atoms with Crippen LogP contribution in [0.4, 0.5) is 4.39 Å². The van der Waals surface area contributed by atoms with E-state index in [1.807, 2.05) is 32.0 Å². The van der Waals surface area contributed by atoms with E-state index >= 15 is 0 Å². The second kappa shape index (κ2) is 9.70. The Hall–Kier alpha value is -2.91. The number of hydrogen-bond acceptors (Lipinski definition) is 6. The third kappa shape index (κ3) is 5.11. The minimum absolute atomic E-state index is 0.182. The summed E-state index contributed by atoms with van der Waals surface area (Å²) in [4.78, 5) is 23.0. The van der Waals surface area contributed by atoms with Gasteiger partial charge in [-0.25, -0.2) is 13.9 Å². The van der Waals surface area contributed by atoms with E-state index in [-0.39, 0.29) is 23.6 Å². The van der Waals surface area contributed by atoms with Gasteiger partial charge in [-0.15, -0.1) is 5.10 Å². The molecule has 0 saturated carbocycles. The van der Waals surface area contributed by atoms with Gasteiger partial charge in [0.2, 0.25) is 5.82 Å². The number of rotatable bonds is 8. The number of carbonyl (C=O) groups is 1. The minimum atomic E-state index is -0.210. The number of hydrogen-bond donors (Lipinski definition) is 2. The van der Waals surface area contributed by atoms with E-state index in [9.17, 15) is 9.18 Å². The summed E-state index contributed by atoms with van der Waals surface area (Å²) in [5.74, 6) is 0.243. The molecule has 8 nitrogen and oxygen atoms in total. The summed E-state index contributed by atoms with van der Waals surface area (Å²) < 4.78 is 14.7. The van der Waals surface area contributed by atoms with Crippen LogP contribution >= 0.6 is 0 Å². The highest BCUT2D eigenvalue weighted by molar-refractivity contribution is 5.90. The molecule has 3 heterocycles. The van der Waals surface area contributed by atoms with Crippen LogP contribution in [0, 0.1) is 19.7 Å². The van der Waals surface area contributed by atoms with Crippen molar-refractivity contribution in [1.29, 1.82) is 0 Å². The van der Waals surface area contributed by atoms with Gasteiger partial charge >= 0.3 is 0 Å². The molecule has 1 amide bonds. The highest BCUT2D eigenvalue weighted by Crippen LogP contribution is 2.24. The van der Waals surface area contributed by atoms with Crippen molar-refractivity contribution in [2.24, 2.45) is 0 Å². The standard InChI is InChI=1S/C23H30FN7O/c1-15-13-16(2)31-23(25-15)26-21(29-31)22(32)30(3)12-6-4-5-7-19-14-20(28-27-19)17-8-10-18(24)11-9-17/h8-11,13,19-20,27-28H,4-7,12,14H2,1-3H3. The summed E-state index contributed by atoms with van der Waals surface area (Å²) in [6.45, 7) is 4.48. The van der Waals surface area contributed by atoms with Gasteiger partial charge in [-0.1, -0.05) is 25.0 Å². The Morgan fingerprint density at radius 3 is 2.72 bits per heavy atom. The second-order valence-corrected chi connectivity index (χ2v) is 8.59. The molecule has 2 N–H and O–H groups in total. The number of benzene rings is 1. The number of amides is 1. The first-order chi connectivity index (χ1) is 15.4. The SMILES string of the molecule is Cc1cc(C)n2nc(C(=O)N(C)CCCCCC3CC(c4ccc(F)cc4)NN3)nc2n1. The van der Waals surface area contributed by atoms with Crippen molar-refractivity contribution in [2.75, 3.05) is 13.6 Å². The van der Waals surface area contributed by atoms with Crippen molar-refractivity contribution in [3.8, 4) is 0 Å². The summed E-state index contributed by atoms with van der Waals surface area (Å²) in [5.41, 5.74) is 9.51. The molecule has 1 aromatic carbocycles. The lowest BCUT2D eigenvalue weighted by atomic mass is 9.99. The van der Waals surface area contributed by atoms with Crippen molar-refractivity contribution in [3.63, 3.8) is 0 Å². The molecule has 0 radical (unpaired) electrons. The molecule has 0 aliphatic carbocycles. The Bertz CT molecular complexity index is 1080. The first kappa shape index (κ1) is 22.3. The van der Waals surface area contributed by atoms with Gasteiger partial charge in [0.15, 0.2) is 0 Å². The molecule has 2 unspecified atom stereocenters. The van der Waals surface area contributed by atoms with Gasteiger partial charge in [-0.05, 0) is 56.9 Å². The molecule has 0 bridgehead atoms. The van der Waals surface area contributed by atoms with Crippen LogP contribution in [-0.4, -0.2) is 50.0 Å². The smallest absolute Gasteiger partial charge is 0.293 e. The molecule has 2 atom stereocenters. The van der Waals surface area contributed by atoms with Gasteiger partial charge in [0, 0.05) is 37.1 Å². The fourth-order valence-corrected chi connectivity index (χ4v) is 4.17. The van der Waals surface area contributed by atoms with Crippen molar-refractivity contribution in [1.82, 2.24) is 35.3 Å². The van der Waals surface area contributed by atoms with Crippen LogP contribution in [-0.2, 0) is 0 Å². The van der Waals surface area contributed by atoms with E-state index in [1.165, 1.54) is 12.1 Å². The lowest BCUT2D eigenvalue weighted by Gasteiger charge is -2.15. The first-order valence-corrected chi connectivity index (χ1v) is 11.1. The fourth-order valence-electron chi connectivity index (χ4n) is 4.17.